The van der Waals surface area contributed by atoms with Gasteiger partial charge in [0.15, 0.2) is 0 Å². The number of hydrogen-bond acceptors (Lipinski definition) is 4. The highest BCUT2D eigenvalue weighted by molar-refractivity contribution is 6.62. The third-order valence-corrected chi connectivity index (χ3v) is 4.72. The van der Waals surface area contributed by atoms with E-state index in [9.17, 15) is 4.79 Å². The Kier molecular flexibility index (Phi) is 3.08. The van der Waals surface area contributed by atoms with Gasteiger partial charge in [0, 0.05) is 36.7 Å². The van der Waals surface area contributed by atoms with E-state index in [-0.39, 0.29) is 16.8 Å². The van der Waals surface area contributed by atoms with E-state index in [0.717, 1.165) is 24.1 Å². The number of nitrogens with one attached hydrogen (secondary N) is 2. The van der Waals surface area contributed by atoms with Crippen molar-refractivity contribution in [2.24, 2.45) is 0 Å². The monoisotopic (exact) mass is 276 g/mol. The summed E-state index contributed by atoms with van der Waals surface area (Å²) in [5.74, 6) is 0.367. The molecule has 1 aromatic heterocycles. The average molecular weight is 276 g/mol. The molecule has 3 rings (SSSR count). The molecule has 0 aromatic carbocycles. The summed E-state index contributed by atoms with van der Waals surface area (Å²) in [6, 6.07) is 1.67. The van der Waals surface area contributed by atoms with Crippen molar-refractivity contribution in [2.45, 2.75) is 44.8 Å². The minimum atomic E-state index is -0.424. The molecule has 0 atom stereocenters. The molecular weight excluding hydrogens is 255 g/mol. The molecule has 0 aliphatic carbocycles. The van der Waals surface area contributed by atoms with E-state index in [4.69, 9.17) is 9.31 Å². The van der Waals surface area contributed by atoms with E-state index < -0.39 is 7.12 Å². The molecule has 0 bridgehead atoms. The quantitative estimate of drug-likeness (QED) is 0.766. The van der Waals surface area contributed by atoms with Gasteiger partial charge < -0.3 is 19.6 Å². The number of aromatic nitrogens is 1. The molecule has 1 aromatic rings. The van der Waals surface area contributed by atoms with Crippen molar-refractivity contribution in [3.05, 3.63) is 28.2 Å². The van der Waals surface area contributed by atoms with Crippen molar-refractivity contribution in [1.29, 1.82) is 0 Å². The molecule has 0 radical (unpaired) electrons. The fraction of sp³-hybridized carbons (Fsp3) is 0.643. The minimum Gasteiger partial charge on any atom is -0.399 e. The van der Waals surface area contributed by atoms with Crippen LogP contribution in [0.4, 0.5) is 0 Å². The Morgan fingerprint density at radius 2 is 1.80 bits per heavy atom. The Labute approximate surface area is 119 Å². The molecule has 108 valence electrons. The third-order valence-electron chi connectivity index (χ3n) is 4.72. The molecule has 2 fully saturated rings. The van der Waals surface area contributed by atoms with Crippen molar-refractivity contribution in [1.82, 2.24) is 10.3 Å². The van der Waals surface area contributed by atoms with E-state index in [1.807, 2.05) is 27.7 Å². The minimum absolute atomic E-state index is 0.0767. The molecular formula is C14H21BN2O3. The van der Waals surface area contributed by atoms with E-state index >= 15 is 0 Å². The Morgan fingerprint density at radius 3 is 2.30 bits per heavy atom. The Hall–Kier alpha value is -1.11. The van der Waals surface area contributed by atoms with Gasteiger partial charge in [-0.15, -0.1) is 0 Å². The highest BCUT2D eigenvalue weighted by atomic mass is 16.7. The van der Waals surface area contributed by atoms with Crippen molar-refractivity contribution < 1.29 is 9.31 Å². The lowest BCUT2D eigenvalue weighted by Gasteiger charge is -2.32. The van der Waals surface area contributed by atoms with Gasteiger partial charge in [-0.05, 0) is 33.3 Å². The zero-order valence-corrected chi connectivity index (χ0v) is 12.4. The molecule has 20 heavy (non-hydrogen) atoms. The number of H-pyrrole nitrogens is 1. The van der Waals surface area contributed by atoms with Crippen LogP contribution in [0.5, 0.6) is 0 Å². The molecule has 2 saturated heterocycles. The van der Waals surface area contributed by atoms with Crippen molar-refractivity contribution in [3.8, 4) is 0 Å². The molecule has 6 heteroatoms. The van der Waals surface area contributed by atoms with Gasteiger partial charge >= 0.3 is 7.12 Å². The lowest BCUT2D eigenvalue weighted by atomic mass is 9.73. The van der Waals surface area contributed by atoms with Crippen molar-refractivity contribution in [3.63, 3.8) is 0 Å². The predicted octanol–water partition coefficient (Wildman–Crippen LogP) is 0.361. The summed E-state index contributed by atoms with van der Waals surface area (Å²) >= 11 is 0. The maximum atomic E-state index is 11.6. The zero-order valence-electron chi connectivity index (χ0n) is 12.4. The second kappa shape index (κ2) is 4.45. The summed E-state index contributed by atoms with van der Waals surface area (Å²) in [5, 5.41) is 3.24. The maximum Gasteiger partial charge on any atom is 0.496 e. The largest absolute Gasteiger partial charge is 0.496 e. The van der Waals surface area contributed by atoms with Gasteiger partial charge in [0.1, 0.15) is 0 Å². The molecule has 0 spiro atoms. The van der Waals surface area contributed by atoms with Crippen molar-refractivity contribution >= 4 is 12.6 Å². The number of hydrogen-bond donors (Lipinski definition) is 2. The van der Waals surface area contributed by atoms with Crippen LogP contribution in [0.15, 0.2) is 17.1 Å². The summed E-state index contributed by atoms with van der Waals surface area (Å²) in [4.78, 5) is 14.3. The van der Waals surface area contributed by atoms with E-state index in [2.05, 4.69) is 10.3 Å². The second-order valence-corrected chi connectivity index (χ2v) is 6.65. The Balaban J connectivity index is 1.97. The number of pyridine rings is 1. The SMILES string of the molecule is CC1(C)OB(c2c[nH]c(=O)cc2C2CNC2)OC1(C)C. The van der Waals surface area contributed by atoms with E-state index in [0.29, 0.717) is 5.92 Å². The lowest BCUT2D eigenvalue weighted by molar-refractivity contribution is 0.00578. The van der Waals surface area contributed by atoms with Gasteiger partial charge in [-0.3, -0.25) is 4.79 Å². The Bertz CT molecular complexity index is 562. The van der Waals surface area contributed by atoms with Crippen LogP contribution in [-0.4, -0.2) is 36.4 Å². The van der Waals surface area contributed by atoms with Crippen molar-refractivity contribution in [2.75, 3.05) is 13.1 Å². The Morgan fingerprint density at radius 1 is 1.20 bits per heavy atom. The van der Waals surface area contributed by atoms with Gasteiger partial charge in [-0.1, -0.05) is 0 Å². The number of aromatic amines is 1. The first-order valence-corrected chi connectivity index (χ1v) is 7.09. The van der Waals surface area contributed by atoms with Gasteiger partial charge in [-0.2, -0.15) is 0 Å². The topological polar surface area (TPSA) is 63.4 Å². The van der Waals surface area contributed by atoms with E-state index in [1.54, 1.807) is 12.3 Å². The first kappa shape index (κ1) is 13.9. The molecule has 5 nitrogen and oxygen atoms in total. The smallest absolute Gasteiger partial charge is 0.399 e. The normalized spacial score (nSPS) is 24.7. The molecule has 3 heterocycles. The highest BCUT2D eigenvalue weighted by Gasteiger charge is 2.52. The van der Waals surface area contributed by atoms with Crippen LogP contribution in [0.2, 0.25) is 0 Å². The third kappa shape index (κ3) is 2.12. The lowest BCUT2D eigenvalue weighted by Crippen LogP contribution is -2.47. The summed E-state index contributed by atoms with van der Waals surface area (Å²) in [5.41, 5.74) is 1.15. The van der Waals surface area contributed by atoms with Crippen LogP contribution in [0.25, 0.3) is 0 Å². The van der Waals surface area contributed by atoms with Gasteiger partial charge in [-0.25, -0.2) is 0 Å². The van der Waals surface area contributed by atoms with Gasteiger partial charge in [0.25, 0.3) is 0 Å². The molecule has 2 aliphatic rings. The second-order valence-electron chi connectivity index (χ2n) is 6.65. The summed E-state index contributed by atoms with van der Waals surface area (Å²) < 4.78 is 12.2. The predicted molar refractivity (Wildman–Crippen MR) is 78.4 cm³/mol. The standard InChI is InChI=1S/C14H21BN2O3/c1-13(2)14(3,4)20-15(19-13)11-8-17-12(18)5-10(11)9-6-16-7-9/h5,8-9,16H,6-7H2,1-4H3,(H,17,18). The highest BCUT2D eigenvalue weighted by Crippen LogP contribution is 2.37. The summed E-state index contributed by atoms with van der Waals surface area (Å²) in [6.07, 6.45) is 1.73. The van der Waals surface area contributed by atoms with Crippen LogP contribution in [-0.2, 0) is 9.31 Å². The van der Waals surface area contributed by atoms with Crippen LogP contribution in [0.3, 0.4) is 0 Å². The van der Waals surface area contributed by atoms with Crippen LogP contribution in [0.1, 0.15) is 39.2 Å². The zero-order chi connectivity index (χ0) is 14.5. The molecule has 0 unspecified atom stereocenters. The summed E-state index contributed by atoms with van der Waals surface area (Å²) in [6.45, 7) is 9.92. The number of rotatable bonds is 2. The molecule has 2 aliphatic heterocycles. The average Bonchev–Trinajstić information content (AvgIpc) is 2.45. The van der Waals surface area contributed by atoms with Gasteiger partial charge in [0.05, 0.1) is 11.2 Å². The van der Waals surface area contributed by atoms with Gasteiger partial charge in [0.2, 0.25) is 5.56 Å². The van der Waals surface area contributed by atoms with Crippen LogP contribution in [0, 0.1) is 0 Å². The molecule has 0 amide bonds. The fourth-order valence-electron chi connectivity index (χ4n) is 2.53. The summed E-state index contributed by atoms with van der Waals surface area (Å²) in [7, 11) is -0.424. The maximum absolute atomic E-state index is 11.6. The van der Waals surface area contributed by atoms with Crippen LogP contribution < -0.4 is 16.3 Å². The first-order chi connectivity index (χ1) is 9.30. The first-order valence-electron chi connectivity index (χ1n) is 7.09. The fourth-order valence-corrected chi connectivity index (χ4v) is 2.53. The molecule has 0 saturated carbocycles. The van der Waals surface area contributed by atoms with E-state index in [1.165, 1.54) is 0 Å². The molecule has 2 N–H and O–H groups in total. The van der Waals surface area contributed by atoms with Crippen LogP contribution >= 0.6 is 0 Å².